The molecule has 0 bridgehead atoms. The van der Waals surface area contributed by atoms with E-state index >= 15 is 0 Å². The van der Waals surface area contributed by atoms with E-state index in [-0.39, 0.29) is 11.8 Å². The number of carboxylic acid groups (broad SMARTS) is 1. The molecule has 0 spiro atoms. The molecule has 2 N–H and O–H groups in total. The highest BCUT2D eigenvalue weighted by molar-refractivity contribution is 5.86. The molecule has 1 saturated carbocycles. The number of hydrogen-bond acceptors (Lipinski definition) is 2. The molecule has 18 heavy (non-hydrogen) atoms. The first-order chi connectivity index (χ1) is 8.56. The maximum Gasteiger partial charge on any atom is 0.326 e. The molecule has 1 aromatic rings. The maximum absolute atomic E-state index is 11.6. The molecule has 0 unspecified atom stereocenters. The Morgan fingerprint density at radius 2 is 1.94 bits per heavy atom. The van der Waals surface area contributed by atoms with Gasteiger partial charge in [-0.15, -0.1) is 0 Å². The molecule has 0 aromatic heterocycles. The third-order valence-corrected chi connectivity index (χ3v) is 3.12. The standard InChI is InChI=1S/C14H17NO3/c1-9-2-4-10(5-3-9)8-12(14(17)18)15-13(16)11-6-7-11/h2-5,11-12H,6-8H2,1H3,(H,15,16)(H,17,18)/t12-/m0/s1. The summed E-state index contributed by atoms with van der Waals surface area (Å²) in [6.45, 7) is 1.98. The minimum atomic E-state index is -0.982. The maximum atomic E-state index is 11.6. The zero-order valence-corrected chi connectivity index (χ0v) is 10.3. The first-order valence-corrected chi connectivity index (χ1v) is 6.15. The van der Waals surface area contributed by atoms with Gasteiger partial charge in [-0.2, -0.15) is 0 Å². The van der Waals surface area contributed by atoms with Crippen molar-refractivity contribution in [3.8, 4) is 0 Å². The van der Waals surface area contributed by atoms with E-state index in [0.29, 0.717) is 6.42 Å². The number of rotatable bonds is 5. The minimum absolute atomic E-state index is 0.0323. The Labute approximate surface area is 106 Å². The van der Waals surface area contributed by atoms with Crippen molar-refractivity contribution >= 4 is 11.9 Å². The second kappa shape index (κ2) is 5.21. The molecule has 96 valence electrons. The number of carboxylic acids is 1. The number of hydrogen-bond donors (Lipinski definition) is 2. The van der Waals surface area contributed by atoms with E-state index in [1.54, 1.807) is 0 Å². The van der Waals surface area contributed by atoms with Gasteiger partial charge in [0, 0.05) is 12.3 Å². The van der Waals surface area contributed by atoms with Gasteiger partial charge in [-0.1, -0.05) is 29.8 Å². The van der Waals surface area contributed by atoms with Crippen LogP contribution in [-0.4, -0.2) is 23.0 Å². The van der Waals surface area contributed by atoms with Crippen LogP contribution in [0.5, 0.6) is 0 Å². The van der Waals surface area contributed by atoms with E-state index in [4.69, 9.17) is 5.11 Å². The molecule has 1 fully saturated rings. The Kier molecular flexibility index (Phi) is 3.65. The van der Waals surface area contributed by atoms with E-state index in [0.717, 1.165) is 24.0 Å². The predicted molar refractivity (Wildman–Crippen MR) is 67.2 cm³/mol. The fourth-order valence-electron chi connectivity index (χ4n) is 1.80. The quantitative estimate of drug-likeness (QED) is 0.829. The van der Waals surface area contributed by atoms with E-state index in [9.17, 15) is 9.59 Å². The molecule has 1 aromatic carbocycles. The molecule has 1 aliphatic carbocycles. The summed E-state index contributed by atoms with van der Waals surface area (Å²) in [4.78, 5) is 22.7. The van der Waals surface area contributed by atoms with Crippen LogP contribution in [0.3, 0.4) is 0 Å². The number of nitrogens with one attached hydrogen (secondary N) is 1. The molecule has 2 rings (SSSR count). The van der Waals surface area contributed by atoms with Crippen LogP contribution in [0, 0.1) is 12.8 Å². The number of carbonyl (C=O) groups excluding carboxylic acids is 1. The number of amides is 1. The van der Waals surface area contributed by atoms with Crippen LogP contribution in [-0.2, 0) is 16.0 Å². The second-order valence-corrected chi connectivity index (χ2v) is 4.86. The van der Waals surface area contributed by atoms with Crippen LogP contribution >= 0.6 is 0 Å². The minimum Gasteiger partial charge on any atom is -0.480 e. The first kappa shape index (κ1) is 12.6. The number of carbonyl (C=O) groups is 2. The van der Waals surface area contributed by atoms with E-state index in [1.165, 1.54) is 0 Å². The molecule has 0 radical (unpaired) electrons. The third-order valence-electron chi connectivity index (χ3n) is 3.12. The monoisotopic (exact) mass is 247 g/mol. The fraction of sp³-hybridized carbons (Fsp3) is 0.429. The zero-order chi connectivity index (χ0) is 13.1. The molecule has 4 nitrogen and oxygen atoms in total. The highest BCUT2D eigenvalue weighted by atomic mass is 16.4. The summed E-state index contributed by atoms with van der Waals surface area (Å²) in [6.07, 6.45) is 2.08. The Bertz CT molecular complexity index is 449. The van der Waals surface area contributed by atoms with Gasteiger partial charge < -0.3 is 10.4 Å². The molecule has 1 amide bonds. The fourth-order valence-corrected chi connectivity index (χ4v) is 1.80. The van der Waals surface area contributed by atoms with Gasteiger partial charge in [-0.3, -0.25) is 4.79 Å². The van der Waals surface area contributed by atoms with Crippen molar-refractivity contribution in [3.63, 3.8) is 0 Å². The third kappa shape index (κ3) is 3.32. The van der Waals surface area contributed by atoms with E-state index < -0.39 is 12.0 Å². The lowest BCUT2D eigenvalue weighted by Crippen LogP contribution is -2.43. The zero-order valence-electron chi connectivity index (χ0n) is 10.3. The van der Waals surface area contributed by atoms with Crippen LogP contribution in [0.2, 0.25) is 0 Å². The lowest BCUT2D eigenvalue weighted by molar-refractivity contribution is -0.142. The smallest absolute Gasteiger partial charge is 0.326 e. The topological polar surface area (TPSA) is 66.4 Å². The summed E-state index contributed by atoms with van der Waals surface area (Å²) in [5.74, 6) is -1.08. The van der Waals surface area contributed by atoms with Crippen molar-refractivity contribution in [2.45, 2.75) is 32.2 Å². The van der Waals surface area contributed by atoms with Gasteiger partial charge in [-0.05, 0) is 25.3 Å². The molecule has 0 saturated heterocycles. The van der Waals surface area contributed by atoms with Crippen molar-refractivity contribution in [1.82, 2.24) is 5.32 Å². The van der Waals surface area contributed by atoms with Crippen molar-refractivity contribution in [3.05, 3.63) is 35.4 Å². The summed E-state index contributed by atoms with van der Waals surface area (Å²) in [6, 6.07) is 6.85. The average molecular weight is 247 g/mol. The normalized spacial score (nSPS) is 16.1. The van der Waals surface area contributed by atoms with Crippen molar-refractivity contribution < 1.29 is 14.7 Å². The van der Waals surface area contributed by atoms with Crippen molar-refractivity contribution in [2.75, 3.05) is 0 Å². The van der Waals surface area contributed by atoms with Gasteiger partial charge in [-0.25, -0.2) is 4.79 Å². The van der Waals surface area contributed by atoms with Gasteiger partial charge in [0.2, 0.25) is 5.91 Å². The summed E-state index contributed by atoms with van der Waals surface area (Å²) < 4.78 is 0. The van der Waals surface area contributed by atoms with Crippen LogP contribution in [0.1, 0.15) is 24.0 Å². The number of aryl methyl sites for hydroxylation is 1. The van der Waals surface area contributed by atoms with Crippen LogP contribution < -0.4 is 5.32 Å². The summed E-state index contributed by atoms with van der Waals surface area (Å²) in [5, 5.41) is 11.7. The van der Waals surface area contributed by atoms with Gasteiger partial charge in [0.15, 0.2) is 0 Å². The Morgan fingerprint density at radius 3 is 2.44 bits per heavy atom. The van der Waals surface area contributed by atoms with Crippen LogP contribution in [0.25, 0.3) is 0 Å². The van der Waals surface area contributed by atoms with Gasteiger partial charge in [0.05, 0.1) is 0 Å². The second-order valence-electron chi connectivity index (χ2n) is 4.86. The molecule has 0 heterocycles. The predicted octanol–water partition coefficient (Wildman–Crippen LogP) is 1.52. The van der Waals surface area contributed by atoms with E-state index in [2.05, 4.69) is 5.32 Å². The lowest BCUT2D eigenvalue weighted by atomic mass is 10.0. The number of aliphatic carboxylic acids is 1. The molecule has 0 aliphatic heterocycles. The molecule has 1 aliphatic rings. The largest absolute Gasteiger partial charge is 0.480 e. The Hall–Kier alpha value is -1.84. The highest BCUT2D eigenvalue weighted by Crippen LogP contribution is 2.29. The summed E-state index contributed by atoms with van der Waals surface area (Å²) in [5.41, 5.74) is 2.05. The average Bonchev–Trinajstić information content (AvgIpc) is 3.14. The SMILES string of the molecule is Cc1ccc(C[C@H](NC(=O)C2CC2)C(=O)O)cc1. The van der Waals surface area contributed by atoms with Crippen LogP contribution in [0.4, 0.5) is 0 Å². The Morgan fingerprint density at radius 1 is 1.33 bits per heavy atom. The van der Waals surface area contributed by atoms with Crippen molar-refractivity contribution in [1.29, 1.82) is 0 Å². The van der Waals surface area contributed by atoms with Gasteiger partial charge in [0.1, 0.15) is 6.04 Å². The van der Waals surface area contributed by atoms with Gasteiger partial charge >= 0.3 is 5.97 Å². The van der Waals surface area contributed by atoms with Crippen molar-refractivity contribution in [2.24, 2.45) is 5.92 Å². The first-order valence-electron chi connectivity index (χ1n) is 6.15. The molecule has 1 atom stereocenters. The lowest BCUT2D eigenvalue weighted by Gasteiger charge is -2.14. The van der Waals surface area contributed by atoms with Gasteiger partial charge in [0.25, 0.3) is 0 Å². The summed E-state index contributed by atoms with van der Waals surface area (Å²) in [7, 11) is 0. The number of benzene rings is 1. The summed E-state index contributed by atoms with van der Waals surface area (Å²) >= 11 is 0. The van der Waals surface area contributed by atoms with Crippen LogP contribution in [0.15, 0.2) is 24.3 Å². The van der Waals surface area contributed by atoms with E-state index in [1.807, 2.05) is 31.2 Å². The highest BCUT2D eigenvalue weighted by Gasteiger charge is 2.32. The molecular weight excluding hydrogens is 230 g/mol. The molecule has 4 heteroatoms. The Balaban J connectivity index is 1.99. The molecular formula is C14H17NO3.